The highest BCUT2D eigenvalue weighted by Crippen LogP contribution is 2.27. The molecule has 0 radical (unpaired) electrons. The number of hydrogen-bond donors (Lipinski definition) is 1. The van der Waals surface area contributed by atoms with Crippen LogP contribution in [-0.2, 0) is 6.54 Å². The third kappa shape index (κ3) is 3.67. The van der Waals surface area contributed by atoms with E-state index in [9.17, 15) is 0 Å². The van der Waals surface area contributed by atoms with E-state index in [-0.39, 0.29) is 0 Å². The second kappa shape index (κ2) is 6.66. The second-order valence-corrected chi connectivity index (χ2v) is 5.50. The van der Waals surface area contributed by atoms with E-state index >= 15 is 0 Å². The van der Waals surface area contributed by atoms with Gasteiger partial charge < -0.3 is 15.4 Å². The molecule has 2 aromatic carbocycles. The molecule has 3 nitrogen and oxygen atoms in total. The summed E-state index contributed by atoms with van der Waals surface area (Å²) >= 11 is 3.58. The molecule has 0 atom stereocenters. The number of halogens is 1. The molecule has 2 rings (SSSR count). The van der Waals surface area contributed by atoms with Gasteiger partial charge in [0.2, 0.25) is 0 Å². The molecule has 0 saturated heterocycles. The summed E-state index contributed by atoms with van der Waals surface area (Å²) in [5.74, 6) is 0.807. The van der Waals surface area contributed by atoms with Crippen molar-refractivity contribution in [1.29, 1.82) is 0 Å². The van der Waals surface area contributed by atoms with Crippen molar-refractivity contribution in [3.05, 3.63) is 52.5 Å². The second-order valence-electron chi connectivity index (χ2n) is 4.64. The minimum atomic E-state index is 0.636. The number of nitrogen functional groups attached to an aromatic ring is 1. The van der Waals surface area contributed by atoms with Crippen LogP contribution in [0, 0.1) is 0 Å². The van der Waals surface area contributed by atoms with Crippen LogP contribution >= 0.6 is 15.9 Å². The molecule has 4 heteroatoms. The summed E-state index contributed by atoms with van der Waals surface area (Å²) in [4.78, 5) is 2.15. The largest absolute Gasteiger partial charge is 0.494 e. The van der Waals surface area contributed by atoms with Crippen LogP contribution in [0.5, 0.6) is 5.75 Å². The Morgan fingerprint density at radius 1 is 1.20 bits per heavy atom. The molecule has 106 valence electrons. The van der Waals surface area contributed by atoms with Gasteiger partial charge in [-0.25, -0.2) is 0 Å². The summed E-state index contributed by atoms with van der Waals surface area (Å²) in [5.41, 5.74) is 8.93. The molecule has 0 bridgehead atoms. The van der Waals surface area contributed by atoms with Crippen molar-refractivity contribution in [2.24, 2.45) is 0 Å². The van der Waals surface area contributed by atoms with Crippen molar-refractivity contribution >= 4 is 27.3 Å². The molecule has 0 aliphatic rings. The fraction of sp³-hybridized carbons (Fsp3) is 0.250. The SMILES string of the molecule is CCOc1cc(N)cc(N(C)Cc2ccccc2Br)c1. The van der Waals surface area contributed by atoms with Crippen LogP contribution in [0.2, 0.25) is 0 Å². The smallest absolute Gasteiger partial charge is 0.123 e. The number of benzene rings is 2. The lowest BCUT2D eigenvalue weighted by atomic mass is 10.2. The molecule has 2 aromatic rings. The topological polar surface area (TPSA) is 38.5 Å². The molecular formula is C16H19BrN2O. The van der Waals surface area contributed by atoms with E-state index in [2.05, 4.69) is 26.9 Å². The Bertz CT molecular complexity index is 586. The Morgan fingerprint density at radius 2 is 1.95 bits per heavy atom. The van der Waals surface area contributed by atoms with Gasteiger partial charge in [0.15, 0.2) is 0 Å². The quantitative estimate of drug-likeness (QED) is 0.837. The normalized spacial score (nSPS) is 10.3. The number of rotatable bonds is 5. The summed E-state index contributed by atoms with van der Waals surface area (Å²) in [7, 11) is 2.05. The predicted molar refractivity (Wildman–Crippen MR) is 88.3 cm³/mol. The van der Waals surface area contributed by atoms with E-state index in [1.165, 1.54) is 5.56 Å². The minimum absolute atomic E-state index is 0.636. The molecule has 0 aromatic heterocycles. The molecule has 0 amide bonds. The Hall–Kier alpha value is -1.68. The van der Waals surface area contributed by atoms with Gasteiger partial charge in [-0.3, -0.25) is 0 Å². The molecule has 0 unspecified atom stereocenters. The van der Waals surface area contributed by atoms with Crippen molar-refractivity contribution in [2.75, 3.05) is 24.3 Å². The first kappa shape index (κ1) is 14.7. The van der Waals surface area contributed by atoms with Gasteiger partial charge in [-0.1, -0.05) is 34.1 Å². The molecule has 0 spiro atoms. The van der Waals surface area contributed by atoms with Crippen molar-refractivity contribution in [3.63, 3.8) is 0 Å². The van der Waals surface area contributed by atoms with Gasteiger partial charge in [0.05, 0.1) is 6.61 Å². The van der Waals surface area contributed by atoms with Crippen molar-refractivity contribution in [1.82, 2.24) is 0 Å². The fourth-order valence-electron chi connectivity index (χ4n) is 2.05. The molecule has 20 heavy (non-hydrogen) atoms. The zero-order chi connectivity index (χ0) is 14.5. The third-order valence-corrected chi connectivity index (χ3v) is 3.80. The van der Waals surface area contributed by atoms with Gasteiger partial charge >= 0.3 is 0 Å². The number of ether oxygens (including phenoxy) is 1. The Balaban J connectivity index is 2.20. The average molecular weight is 335 g/mol. The predicted octanol–water partition coefficient (Wildman–Crippen LogP) is 4.07. The van der Waals surface area contributed by atoms with Crippen LogP contribution in [0.1, 0.15) is 12.5 Å². The van der Waals surface area contributed by atoms with Crippen LogP contribution in [0.4, 0.5) is 11.4 Å². The highest BCUT2D eigenvalue weighted by Gasteiger charge is 2.07. The fourth-order valence-corrected chi connectivity index (χ4v) is 2.46. The summed E-state index contributed by atoms with van der Waals surface area (Å²) in [6, 6.07) is 14.0. The zero-order valence-electron chi connectivity index (χ0n) is 11.8. The first-order valence-corrected chi connectivity index (χ1v) is 7.37. The van der Waals surface area contributed by atoms with Crippen molar-refractivity contribution in [3.8, 4) is 5.75 Å². The Labute approximate surface area is 128 Å². The lowest BCUT2D eigenvalue weighted by Crippen LogP contribution is -2.17. The van der Waals surface area contributed by atoms with E-state index in [0.717, 1.165) is 22.5 Å². The first-order chi connectivity index (χ1) is 9.60. The molecular weight excluding hydrogens is 316 g/mol. The molecule has 0 fully saturated rings. The maximum atomic E-state index is 5.93. The van der Waals surface area contributed by atoms with Gasteiger partial charge in [-0.05, 0) is 24.6 Å². The summed E-state index contributed by atoms with van der Waals surface area (Å²) in [6.07, 6.45) is 0. The van der Waals surface area contributed by atoms with Crippen LogP contribution in [0.3, 0.4) is 0 Å². The van der Waals surface area contributed by atoms with E-state index in [1.807, 2.05) is 50.4 Å². The maximum absolute atomic E-state index is 5.93. The first-order valence-electron chi connectivity index (χ1n) is 6.58. The van der Waals surface area contributed by atoms with Crippen molar-refractivity contribution in [2.45, 2.75) is 13.5 Å². The molecule has 0 heterocycles. The summed E-state index contributed by atoms with van der Waals surface area (Å²) < 4.78 is 6.65. The van der Waals surface area contributed by atoms with Gasteiger partial charge in [-0.2, -0.15) is 0 Å². The summed E-state index contributed by atoms with van der Waals surface area (Å²) in [5, 5.41) is 0. The van der Waals surface area contributed by atoms with Gasteiger partial charge in [0.1, 0.15) is 5.75 Å². The lowest BCUT2D eigenvalue weighted by molar-refractivity contribution is 0.340. The van der Waals surface area contributed by atoms with E-state index in [1.54, 1.807) is 0 Å². The van der Waals surface area contributed by atoms with E-state index in [4.69, 9.17) is 10.5 Å². The molecule has 0 saturated carbocycles. The van der Waals surface area contributed by atoms with Gasteiger partial charge in [0.25, 0.3) is 0 Å². The number of nitrogens with two attached hydrogens (primary N) is 1. The maximum Gasteiger partial charge on any atom is 0.123 e. The molecule has 0 aliphatic carbocycles. The van der Waals surface area contributed by atoms with Crippen LogP contribution in [-0.4, -0.2) is 13.7 Å². The van der Waals surface area contributed by atoms with Gasteiger partial charge in [0, 0.05) is 41.6 Å². The number of nitrogens with zero attached hydrogens (tertiary/aromatic N) is 1. The highest BCUT2D eigenvalue weighted by atomic mass is 79.9. The zero-order valence-corrected chi connectivity index (χ0v) is 13.4. The number of anilines is 2. The Morgan fingerprint density at radius 3 is 2.65 bits per heavy atom. The van der Waals surface area contributed by atoms with E-state index < -0.39 is 0 Å². The van der Waals surface area contributed by atoms with Crippen LogP contribution in [0.15, 0.2) is 46.9 Å². The van der Waals surface area contributed by atoms with Crippen molar-refractivity contribution < 1.29 is 4.74 Å². The average Bonchev–Trinajstić information content (AvgIpc) is 2.41. The Kier molecular flexibility index (Phi) is 4.90. The minimum Gasteiger partial charge on any atom is -0.494 e. The highest BCUT2D eigenvalue weighted by molar-refractivity contribution is 9.10. The molecule has 2 N–H and O–H groups in total. The standard InChI is InChI=1S/C16H19BrN2O/c1-3-20-15-9-13(18)8-14(10-15)19(2)11-12-6-4-5-7-16(12)17/h4-10H,3,11,18H2,1-2H3. The summed E-state index contributed by atoms with van der Waals surface area (Å²) in [6.45, 7) is 3.40. The molecule has 0 aliphatic heterocycles. The monoisotopic (exact) mass is 334 g/mol. The van der Waals surface area contributed by atoms with Crippen LogP contribution in [0.25, 0.3) is 0 Å². The lowest BCUT2D eigenvalue weighted by Gasteiger charge is -2.21. The number of hydrogen-bond acceptors (Lipinski definition) is 3. The van der Waals surface area contributed by atoms with E-state index in [0.29, 0.717) is 12.3 Å². The van der Waals surface area contributed by atoms with Gasteiger partial charge in [-0.15, -0.1) is 0 Å². The third-order valence-electron chi connectivity index (χ3n) is 3.03. The van der Waals surface area contributed by atoms with Crippen LogP contribution < -0.4 is 15.4 Å².